The number of hydrogen-bond acceptors (Lipinski definition) is 4. The zero-order valence-corrected chi connectivity index (χ0v) is 15.7. The number of carbonyl (C=O) groups excluding carboxylic acids is 3. The van der Waals surface area contributed by atoms with Gasteiger partial charge in [0.05, 0.1) is 0 Å². The molecule has 2 aromatic rings. The fourth-order valence-electron chi connectivity index (χ4n) is 3.07. The summed E-state index contributed by atoms with van der Waals surface area (Å²) >= 11 is 0. The Balaban J connectivity index is 1.49. The average Bonchev–Trinajstić information content (AvgIpc) is 2.69. The molecule has 7 nitrogen and oxygen atoms in total. The van der Waals surface area contributed by atoms with Crippen LogP contribution >= 0.6 is 0 Å². The molecule has 28 heavy (non-hydrogen) atoms. The first-order chi connectivity index (χ1) is 13.5. The highest BCUT2D eigenvalue weighted by atomic mass is 16.6. The molecule has 1 aliphatic heterocycles. The van der Waals surface area contributed by atoms with Crippen LogP contribution in [0.25, 0.3) is 0 Å². The van der Waals surface area contributed by atoms with E-state index in [2.05, 4.69) is 10.6 Å². The van der Waals surface area contributed by atoms with Crippen LogP contribution in [0.3, 0.4) is 0 Å². The van der Waals surface area contributed by atoms with Gasteiger partial charge < -0.3 is 20.3 Å². The molecule has 0 aliphatic carbocycles. The molecule has 3 amide bonds. The van der Waals surface area contributed by atoms with Crippen molar-refractivity contribution >= 4 is 23.6 Å². The lowest BCUT2D eigenvalue weighted by Gasteiger charge is -2.31. The standard InChI is InChI=1S/C21H23N3O4/c1-15(25)22-18-7-5-6-16(14-18)20(26)23-17-10-12-24(13-11-17)21(27)28-19-8-3-2-4-9-19/h2-9,14,17H,10-13H2,1H3,(H,22,25)(H,23,26). The Labute approximate surface area is 163 Å². The number of nitrogens with zero attached hydrogens (tertiary/aromatic N) is 1. The zero-order valence-electron chi connectivity index (χ0n) is 15.7. The summed E-state index contributed by atoms with van der Waals surface area (Å²) in [5.74, 6) is 0.131. The van der Waals surface area contributed by atoms with Crippen molar-refractivity contribution in [3.8, 4) is 5.75 Å². The molecule has 3 rings (SSSR count). The maximum atomic E-state index is 12.5. The number of piperidine rings is 1. The Hall–Kier alpha value is -3.35. The molecule has 2 N–H and O–H groups in total. The normalized spacial score (nSPS) is 14.2. The number of nitrogens with one attached hydrogen (secondary N) is 2. The minimum absolute atomic E-state index is 0.0160. The molecule has 1 saturated heterocycles. The van der Waals surface area contributed by atoms with Gasteiger partial charge >= 0.3 is 6.09 Å². The van der Waals surface area contributed by atoms with Gasteiger partial charge in [0.15, 0.2) is 0 Å². The Morgan fingerprint density at radius 2 is 1.71 bits per heavy atom. The van der Waals surface area contributed by atoms with Crippen LogP contribution in [0.4, 0.5) is 10.5 Å². The molecule has 0 spiro atoms. The topological polar surface area (TPSA) is 87.7 Å². The minimum Gasteiger partial charge on any atom is -0.410 e. The summed E-state index contributed by atoms with van der Waals surface area (Å²) < 4.78 is 5.35. The molecule has 146 valence electrons. The van der Waals surface area contributed by atoms with Crippen molar-refractivity contribution in [2.75, 3.05) is 18.4 Å². The molecule has 0 radical (unpaired) electrons. The predicted molar refractivity (Wildman–Crippen MR) is 105 cm³/mol. The number of anilines is 1. The number of ether oxygens (including phenoxy) is 1. The Morgan fingerprint density at radius 3 is 2.39 bits per heavy atom. The molecule has 7 heteroatoms. The fourth-order valence-corrected chi connectivity index (χ4v) is 3.07. The van der Waals surface area contributed by atoms with E-state index in [1.54, 1.807) is 41.3 Å². The van der Waals surface area contributed by atoms with Crippen molar-refractivity contribution in [1.29, 1.82) is 0 Å². The molecule has 0 saturated carbocycles. The van der Waals surface area contributed by atoms with Crippen molar-refractivity contribution < 1.29 is 19.1 Å². The quantitative estimate of drug-likeness (QED) is 0.852. The van der Waals surface area contributed by atoms with Gasteiger partial charge in [0, 0.05) is 37.3 Å². The summed E-state index contributed by atoms with van der Waals surface area (Å²) in [6, 6.07) is 15.7. The molecule has 0 unspecified atom stereocenters. The van der Waals surface area contributed by atoms with Crippen LogP contribution in [-0.4, -0.2) is 41.9 Å². The van der Waals surface area contributed by atoms with E-state index in [0.717, 1.165) is 0 Å². The van der Waals surface area contributed by atoms with Crippen molar-refractivity contribution in [3.05, 3.63) is 60.2 Å². The number of carbonyl (C=O) groups is 3. The first-order valence-electron chi connectivity index (χ1n) is 9.21. The number of likely N-dealkylation sites (tertiary alicyclic amines) is 1. The number of hydrogen-bond donors (Lipinski definition) is 2. The van der Waals surface area contributed by atoms with Crippen LogP contribution in [0.2, 0.25) is 0 Å². The highest BCUT2D eigenvalue weighted by Crippen LogP contribution is 2.16. The van der Waals surface area contributed by atoms with Crippen LogP contribution in [0.5, 0.6) is 5.75 Å². The van der Waals surface area contributed by atoms with Gasteiger partial charge in [-0.05, 0) is 43.2 Å². The summed E-state index contributed by atoms with van der Waals surface area (Å²) in [5, 5.41) is 5.66. The molecular weight excluding hydrogens is 358 g/mol. The summed E-state index contributed by atoms with van der Waals surface area (Å²) in [7, 11) is 0. The third-order valence-corrected chi connectivity index (χ3v) is 4.48. The SMILES string of the molecule is CC(=O)Nc1cccc(C(=O)NC2CCN(C(=O)Oc3ccccc3)CC2)c1. The minimum atomic E-state index is -0.376. The zero-order chi connectivity index (χ0) is 19.9. The number of para-hydroxylation sites is 1. The maximum absolute atomic E-state index is 12.5. The van der Waals surface area contributed by atoms with E-state index in [1.807, 2.05) is 18.2 Å². The smallest absolute Gasteiger partial charge is 0.410 e. The average molecular weight is 381 g/mol. The Bertz CT molecular complexity index is 846. The van der Waals surface area contributed by atoms with Gasteiger partial charge in [-0.15, -0.1) is 0 Å². The van der Waals surface area contributed by atoms with E-state index < -0.39 is 0 Å². The van der Waals surface area contributed by atoms with Crippen molar-refractivity contribution in [1.82, 2.24) is 10.2 Å². The lowest BCUT2D eigenvalue weighted by molar-refractivity contribution is -0.114. The highest BCUT2D eigenvalue weighted by Gasteiger charge is 2.25. The fraction of sp³-hybridized carbons (Fsp3) is 0.286. The first-order valence-corrected chi connectivity index (χ1v) is 9.21. The van der Waals surface area contributed by atoms with E-state index in [0.29, 0.717) is 42.9 Å². The van der Waals surface area contributed by atoms with Gasteiger partial charge in [-0.3, -0.25) is 9.59 Å². The molecule has 1 fully saturated rings. The van der Waals surface area contributed by atoms with Gasteiger partial charge in [-0.2, -0.15) is 0 Å². The van der Waals surface area contributed by atoms with E-state index in [9.17, 15) is 14.4 Å². The van der Waals surface area contributed by atoms with Crippen LogP contribution in [0, 0.1) is 0 Å². The van der Waals surface area contributed by atoms with Gasteiger partial charge in [-0.1, -0.05) is 24.3 Å². The molecular formula is C21H23N3O4. The monoisotopic (exact) mass is 381 g/mol. The first kappa shape index (κ1) is 19.4. The maximum Gasteiger partial charge on any atom is 0.415 e. The summed E-state index contributed by atoms with van der Waals surface area (Å²) in [6.07, 6.45) is 0.932. The third kappa shape index (κ3) is 5.33. The van der Waals surface area contributed by atoms with Gasteiger partial charge in [0.25, 0.3) is 5.91 Å². The van der Waals surface area contributed by atoms with Gasteiger partial charge in [-0.25, -0.2) is 4.79 Å². The summed E-state index contributed by atoms with van der Waals surface area (Å²) in [6.45, 7) is 2.45. The molecule has 0 atom stereocenters. The largest absolute Gasteiger partial charge is 0.415 e. The molecule has 0 aromatic heterocycles. The van der Waals surface area contributed by atoms with Crippen molar-refractivity contribution in [2.45, 2.75) is 25.8 Å². The summed E-state index contributed by atoms with van der Waals surface area (Å²) in [5.41, 5.74) is 1.07. The summed E-state index contributed by atoms with van der Waals surface area (Å²) in [4.78, 5) is 37.5. The highest BCUT2D eigenvalue weighted by molar-refractivity contribution is 5.96. The molecule has 0 bridgehead atoms. The molecule has 2 aromatic carbocycles. The lowest BCUT2D eigenvalue weighted by atomic mass is 10.0. The molecule has 1 heterocycles. The second-order valence-corrected chi connectivity index (χ2v) is 6.68. The second-order valence-electron chi connectivity index (χ2n) is 6.68. The lowest BCUT2D eigenvalue weighted by Crippen LogP contribution is -2.47. The Morgan fingerprint density at radius 1 is 1.00 bits per heavy atom. The van der Waals surface area contributed by atoms with E-state index in [1.165, 1.54) is 6.92 Å². The third-order valence-electron chi connectivity index (χ3n) is 4.48. The van der Waals surface area contributed by atoms with Crippen LogP contribution in [0.1, 0.15) is 30.1 Å². The van der Waals surface area contributed by atoms with E-state index in [-0.39, 0.29) is 23.9 Å². The van der Waals surface area contributed by atoms with Crippen molar-refractivity contribution in [3.63, 3.8) is 0 Å². The van der Waals surface area contributed by atoms with E-state index in [4.69, 9.17) is 4.74 Å². The van der Waals surface area contributed by atoms with Gasteiger partial charge in [0.1, 0.15) is 5.75 Å². The Kier molecular flexibility index (Phi) is 6.26. The number of benzene rings is 2. The van der Waals surface area contributed by atoms with Crippen molar-refractivity contribution in [2.24, 2.45) is 0 Å². The van der Waals surface area contributed by atoms with Crippen LogP contribution in [0.15, 0.2) is 54.6 Å². The number of rotatable bonds is 4. The second kappa shape index (κ2) is 9.03. The van der Waals surface area contributed by atoms with E-state index >= 15 is 0 Å². The predicted octanol–water partition coefficient (Wildman–Crippen LogP) is 3.04. The van der Waals surface area contributed by atoms with Crippen LogP contribution in [-0.2, 0) is 4.79 Å². The van der Waals surface area contributed by atoms with Gasteiger partial charge in [0.2, 0.25) is 5.91 Å². The number of amides is 3. The molecule has 1 aliphatic rings. The van der Waals surface area contributed by atoms with Crippen LogP contribution < -0.4 is 15.4 Å².